The maximum atomic E-state index is 10.6. The molecule has 0 radical (unpaired) electrons. The highest BCUT2D eigenvalue weighted by atomic mass is 32.2. The van der Waals surface area contributed by atoms with E-state index in [4.69, 9.17) is 0 Å². The van der Waals surface area contributed by atoms with Crippen LogP contribution in [0.3, 0.4) is 0 Å². The second-order valence-corrected chi connectivity index (χ2v) is 3.18. The molecule has 0 spiro atoms. The summed E-state index contributed by atoms with van der Waals surface area (Å²) in [4.78, 5) is 0. The summed E-state index contributed by atoms with van der Waals surface area (Å²) in [6.07, 6.45) is 0.692. The molecule has 0 aliphatic rings. The Morgan fingerprint density at radius 2 is 2.18 bits per heavy atom. The van der Waals surface area contributed by atoms with Crippen LogP contribution in [0.2, 0.25) is 0 Å². The molecule has 4 heteroatoms. The van der Waals surface area contributed by atoms with Gasteiger partial charge in [0, 0.05) is 6.42 Å². The van der Waals surface area contributed by atoms with Gasteiger partial charge in [-0.15, -0.1) is 5.92 Å². The Bertz CT molecular complexity index is 266. The maximum absolute atomic E-state index is 10.6. The largest absolute Gasteiger partial charge is 0.290 e. The Hall–Kier alpha value is -0.790. The minimum absolute atomic E-state index is 0.0950. The first-order valence-electron chi connectivity index (χ1n) is 3.10. The normalized spacial score (nSPS) is 9.91. The van der Waals surface area contributed by atoms with Crippen LogP contribution in [0.1, 0.15) is 13.3 Å². The molecule has 3 nitrogen and oxygen atoms in total. The molecule has 11 heavy (non-hydrogen) atoms. The first kappa shape index (κ1) is 10.2. The lowest BCUT2D eigenvalue weighted by atomic mass is 10.5. The fourth-order valence-corrected chi connectivity index (χ4v) is 0.655. The van der Waals surface area contributed by atoms with E-state index in [2.05, 4.69) is 22.6 Å². The summed E-state index contributed by atoms with van der Waals surface area (Å²) in [7, 11) is -3.54. The molecule has 0 N–H and O–H groups in total. The molecule has 0 aromatic heterocycles. The molecule has 0 heterocycles. The van der Waals surface area contributed by atoms with Crippen molar-refractivity contribution in [2.24, 2.45) is 0 Å². The zero-order chi connectivity index (χ0) is 8.74. The van der Waals surface area contributed by atoms with Crippen LogP contribution >= 0.6 is 0 Å². The molecule has 0 atom stereocenters. The molecule has 0 amide bonds. The van der Waals surface area contributed by atoms with Crippen molar-refractivity contribution >= 4 is 10.1 Å². The first-order chi connectivity index (χ1) is 5.12. The summed E-state index contributed by atoms with van der Waals surface area (Å²) in [5.74, 6) is 5.20. The molecule has 0 bridgehead atoms. The van der Waals surface area contributed by atoms with Gasteiger partial charge in [-0.2, -0.15) is 8.42 Å². The fraction of sp³-hybridized carbons (Fsp3) is 0.429. The van der Waals surface area contributed by atoms with Gasteiger partial charge in [-0.25, -0.2) is 0 Å². The third kappa shape index (κ3) is 5.64. The summed E-state index contributed by atoms with van der Waals surface area (Å²) in [6, 6.07) is 0. The van der Waals surface area contributed by atoms with Gasteiger partial charge in [0.15, 0.2) is 0 Å². The molecule has 0 unspecified atom stereocenters. The predicted octanol–water partition coefficient (Wildman–Crippen LogP) is 0.890. The molecule has 0 aromatic rings. The van der Waals surface area contributed by atoms with Gasteiger partial charge in [0.1, 0.15) is 6.61 Å². The van der Waals surface area contributed by atoms with E-state index >= 15 is 0 Å². The number of hydrogen-bond acceptors (Lipinski definition) is 3. The van der Waals surface area contributed by atoms with Crippen molar-refractivity contribution in [3.8, 4) is 11.8 Å². The van der Waals surface area contributed by atoms with Gasteiger partial charge < -0.3 is 0 Å². The zero-order valence-electron chi connectivity index (χ0n) is 6.33. The highest BCUT2D eigenvalue weighted by Crippen LogP contribution is 1.91. The van der Waals surface area contributed by atoms with Crippen molar-refractivity contribution in [2.75, 3.05) is 6.61 Å². The highest BCUT2D eigenvalue weighted by molar-refractivity contribution is 7.89. The standard InChI is InChI=1S/C7H10O3S/c1-3-5-6-7-10-11(8,9)4-2/h4H,2-3,7H2,1H3. The van der Waals surface area contributed by atoms with E-state index in [0.29, 0.717) is 6.42 Å². The monoisotopic (exact) mass is 174 g/mol. The van der Waals surface area contributed by atoms with Crippen molar-refractivity contribution in [3.63, 3.8) is 0 Å². The quantitative estimate of drug-likeness (QED) is 0.471. The maximum Gasteiger partial charge on any atom is 0.290 e. The first-order valence-corrected chi connectivity index (χ1v) is 4.57. The summed E-state index contributed by atoms with van der Waals surface area (Å²) >= 11 is 0. The summed E-state index contributed by atoms with van der Waals surface area (Å²) in [5.41, 5.74) is 0. The van der Waals surface area contributed by atoms with Crippen molar-refractivity contribution in [2.45, 2.75) is 13.3 Å². The van der Waals surface area contributed by atoms with Gasteiger partial charge in [-0.05, 0) is 0 Å². The molecule has 0 aliphatic heterocycles. The lowest BCUT2D eigenvalue weighted by molar-refractivity contribution is 0.370. The van der Waals surface area contributed by atoms with E-state index in [9.17, 15) is 8.42 Å². The van der Waals surface area contributed by atoms with Gasteiger partial charge in [0.2, 0.25) is 0 Å². The van der Waals surface area contributed by atoms with E-state index in [1.165, 1.54) is 0 Å². The zero-order valence-corrected chi connectivity index (χ0v) is 7.15. The molecule has 62 valence electrons. The average Bonchev–Trinajstić information content (AvgIpc) is 1.99. The van der Waals surface area contributed by atoms with Crippen molar-refractivity contribution < 1.29 is 12.6 Å². The van der Waals surface area contributed by atoms with Gasteiger partial charge in [-0.1, -0.05) is 19.4 Å². The molecular formula is C7H10O3S. The van der Waals surface area contributed by atoms with Crippen LogP contribution in [0.25, 0.3) is 0 Å². The molecular weight excluding hydrogens is 164 g/mol. The SMILES string of the molecule is C=CS(=O)(=O)OCC#CCC. The van der Waals surface area contributed by atoms with Crippen LogP contribution in [0.15, 0.2) is 12.0 Å². The predicted molar refractivity (Wildman–Crippen MR) is 43.1 cm³/mol. The molecule has 0 fully saturated rings. The molecule has 0 saturated heterocycles. The van der Waals surface area contributed by atoms with Crippen LogP contribution in [0.4, 0.5) is 0 Å². The van der Waals surface area contributed by atoms with E-state index in [1.807, 2.05) is 6.92 Å². The molecule has 0 rings (SSSR count). The van der Waals surface area contributed by atoms with Gasteiger partial charge >= 0.3 is 0 Å². The van der Waals surface area contributed by atoms with Gasteiger partial charge in [-0.3, -0.25) is 4.18 Å². The van der Waals surface area contributed by atoms with Crippen LogP contribution in [-0.4, -0.2) is 15.0 Å². The summed E-state index contributed by atoms with van der Waals surface area (Å²) in [6.45, 7) is 4.85. The van der Waals surface area contributed by atoms with E-state index < -0.39 is 10.1 Å². The van der Waals surface area contributed by atoms with E-state index in [1.54, 1.807) is 0 Å². The molecule has 0 saturated carbocycles. The smallest absolute Gasteiger partial charge is 0.254 e. The lowest BCUT2D eigenvalue weighted by Crippen LogP contribution is -2.00. The Balaban J connectivity index is 3.81. The van der Waals surface area contributed by atoms with Crippen LogP contribution < -0.4 is 0 Å². The molecule has 0 aromatic carbocycles. The van der Waals surface area contributed by atoms with Crippen molar-refractivity contribution in [3.05, 3.63) is 12.0 Å². The number of hydrogen-bond donors (Lipinski definition) is 0. The van der Waals surface area contributed by atoms with Crippen molar-refractivity contribution in [1.82, 2.24) is 0 Å². The summed E-state index contributed by atoms with van der Waals surface area (Å²) < 4.78 is 25.5. The topological polar surface area (TPSA) is 43.4 Å². The third-order valence-electron chi connectivity index (χ3n) is 0.801. The van der Waals surface area contributed by atoms with E-state index in [-0.39, 0.29) is 6.61 Å². The molecule has 0 aliphatic carbocycles. The lowest BCUT2D eigenvalue weighted by Gasteiger charge is -1.92. The minimum atomic E-state index is -3.54. The average molecular weight is 174 g/mol. The third-order valence-corrected chi connectivity index (χ3v) is 1.66. The Morgan fingerprint density at radius 1 is 1.55 bits per heavy atom. The Morgan fingerprint density at radius 3 is 2.64 bits per heavy atom. The van der Waals surface area contributed by atoms with Crippen LogP contribution in [0.5, 0.6) is 0 Å². The van der Waals surface area contributed by atoms with Gasteiger partial charge in [0.05, 0.1) is 5.41 Å². The highest BCUT2D eigenvalue weighted by Gasteiger charge is 2.00. The second kappa shape index (κ2) is 4.94. The minimum Gasteiger partial charge on any atom is -0.254 e. The van der Waals surface area contributed by atoms with E-state index in [0.717, 1.165) is 5.41 Å². The Labute approximate surface area is 67.2 Å². The fourth-order valence-electron chi connectivity index (χ4n) is 0.336. The van der Waals surface area contributed by atoms with Crippen LogP contribution in [-0.2, 0) is 14.3 Å². The van der Waals surface area contributed by atoms with Crippen LogP contribution in [0, 0.1) is 11.8 Å². The van der Waals surface area contributed by atoms with Gasteiger partial charge in [0.25, 0.3) is 10.1 Å². The second-order valence-electron chi connectivity index (χ2n) is 1.63. The summed E-state index contributed by atoms with van der Waals surface area (Å²) in [5, 5.41) is 0.751. The number of rotatable bonds is 3. The van der Waals surface area contributed by atoms with Crippen molar-refractivity contribution in [1.29, 1.82) is 0 Å². The Kier molecular flexibility index (Phi) is 4.59.